The van der Waals surface area contributed by atoms with Crippen LogP contribution < -0.4 is 0 Å². The van der Waals surface area contributed by atoms with E-state index in [-0.39, 0.29) is 23.5 Å². The van der Waals surface area contributed by atoms with Gasteiger partial charge in [-0.2, -0.15) is 0 Å². The van der Waals surface area contributed by atoms with E-state index in [2.05, 4.69) is 6.08 Å². The van der Waals surface area contributed by atoms with E-state index >= 15 is 0 Å². The first kappa shape index (κ1) is 26.1. The average molecular weight is 533 g/mol. The molecule has 0 N–H and O–H groups in total. The summed E-state index contributed by atoms with van der Waals surface area (Å²) in [6, 6.07) is 16.9. The minimum Gasteiger partial charge on any atom is -0.452 e. The Kier molecular flexibility index (Phi) is 7.34. The standard InChI is InChI=1S/C30H32N2O5S/c1-3-20(2)32(23-15-16-38(35,36)19-23)27(33)18-37-30(34)28-24-11-7-8-12-26(24)31-29-22(13-14-25(28)29)17-21-9-5-4-6-10-21/h4-12,17,20,23H,3,13-16,18-19H2,1-2H3/b22-17+. The number of aromatic nitrogens is 1. The van der Waals surface area contributed by atoms with E-state index in [1.807, 2.05) is 68.4 Å². The number of hydrogen-bond donors (Lipinski definition) is 0. The normalized spacial score (nSPS) is 19.8. The fourth-order valence-corrected chi connectivity index (χ4v) is 7.25. The molecule has 5 rings (SSSR count). The van der Waals surface area contributed by atoms with Crippen LogP contribution >= 0.6 is 0 Å². The summed E-state index contributed by atoms with van der Waals surface area (Å²) >= 11 is 0. The highest BCUT2D eigenvalue weighted by atomic mass is 32.2. The SMILES string of the molecule is CCC(C)N(C(=O)COC(=O)c1c2c(nc3ccccc13)/C(=C/c1ccccc1)CC2)C1CCS(=O)(=O)C1. The molecule has 1 saturated heterocycles. The molecule has 2 aliphatic rings. The summed E-state index contributed by atoms with van der Waals surface area (Å²) in [4.78, 5) is 33.3. The molecular formula is C30H32N2O5S. The van der Waals surface area contributed by atoms with Gasteiger partial charge >= 0.3 is 5.97 Å². The number of ether oxygens (including phenoxy) is 1. The maximum Gasteiger partial charge on any atom is 0.339 e. The molecule has 1 aliphatic carbocycles. The fraction of sp³-hybridized carbons (Fsp3) is 0.367. The van der Waals surface area contributed by atoms with E-state index in [9.17, 15) is 18.0 Å². The number of allylic oxidation sites excluding steroid dienone is 1. The molecular weight excluding hydrogens is 500 g/mol. The number of benzene rings is 2. The maximum absolute atomic E-state index is 13.5. The van der Waals surface area contributed by atoms with Gasteiger partial charge in [-0.3, -0.25) is 4.79 Å². The van der Waals surface area contributed by atoms with Crippen molar-refractivity contribution in [1.29, 1.82) is 0 Å². The molecule has 2 unspecified atom stereocenters. The summed E-state index contributed by atoms with van der Waals surface area (Å²) in [5.74, 6) is -0.895. The van der Waals surface area contributed by atoms with Gasteiger partial charge in [0.25, 0.3) is 5.91 Å². The third-order valence-corrected chi connectivity index (χ3v) is 9.32. The van der Waals surface area contributed by atoms with E-state index in [4.69, 9.17) is 9.72 Å². The predicted molar refractivity (Wildman–Crippen MR) is 148 cm³/mol. The third-order valence-electron chi connectivity index (χ3n) is 7.57. The van der Waals surface area contributed by atoms with Crippen molar-refractivity contribution in [3.05, 3.63) is 77.0 Å². The molecule has 1 amide bonds. The van der Waals surface area contributed by atoms with Crippen LogP contribution in [0.4, 0.5) is 0 Å². The van der Waals surface area contributed by atoms with Crippen molar-refractivity contribution in [2.24, 2.45) is 0 Å². The number of carbonyl (C=O) groups is 2. The van der Waals surface area contributed by atoms with E-state index < -0.39 is 28.5 Å². The average Bonchev–Trinajstić information content (AvgIpc) is 3.48. The van der Waals surface area contributed by atoms with Crippen LogP contribution in [0.3, 0.4) is 0 Å². The number of carbonyl (C=O) groups excluding carboxylic acids is 2. The van der Waals surface area contributed by atoms with Gasteiger partial charge in [-0.25, -0.2) is 18.2 Å². The van der Waals surface area contributed by atoms with Crippen molar-refractivity contribution < 1.29 is 22.7 Å². The van der Waals surface area contributed by atoms with E-state index in [0.29, 0.717) is 35.7 Å². The summed E-state index contributed by atoms with van der Waals surface area (Å²) in [7, 11) is -3.16. The number of hydrogen-bond acceptors (Lipinski definition) is 6. The van der Waals surface area contributed by atoms with Crippen LogP contribution in [0, 0.1) is 0 Å². The first-order chi connectivity index (χ1) is 18.3. The highest BCUT2D eigenvalue weighted by molar-refractivity contribution is 7.91. The maximum atomic E-state index is 13.5. The zero-order chi connectivity index (χ0) is 26.9. The van der Waals surface area contributed by atoms with Gasteiger partial charge in [0, 0.05) is 17.5 Å². The predicted octanol–water partition coefficient (Wildman–Crippen LogP) is 4.69. The number of rotatable bonds is 7. The molecule has 38 heavy (non-hydrogen) atoms. The highest BCUT2D eigenvalue weighted by Crippen LogP contribution is 2.37. The Morgan fingerprint density at radius 1 is 1.11 bits per heavy atom. The molecule has 3 aromatic rings. The minimum atomic E-state index is -3.16. The number of sulfone groups is 1. The van der Waals surface area contributed by atoms with Crippen LogP contribution in [-0.2, 0) is 25.8 Å². The lowest BCUT2D eigenvalue weighted by molar-refractivity contribution is -0.138. The number of fused-ring (bicyclic) bond motifs is 2. The summed E-state index contributed by atoms with van der Waals surface area (Å²) in [6.45, 7) is 3.42. The number of para-hydroxylation sites is 1. The fourth-order valence-electron chi connectivity index (χ4n) is 5.54. The van der Waals surface area contributed by atoms with E-state index in [1.165, 1.54) is 0 Å². The lowest BCUT2D eigenvalue weighted by Gasteiger charge is -2.33. The molecule has 2 heterocycles. The summed E-state index contributed by atoms with van der Waals surface area (Å²) in [5, 5.41) is 0.699. The lowest BCUT2D eigenvalue weighted by atomic mass is 10.0. The van der Waals surface area contributed by atoms with Gasteiger partial charge in [0.05, 0.1) is 28.3 Å². The Balaban J connectivity index is 1.43. The molecule has 7 nitrogen and oxygen atoms in total. The van der Waals surface area contributed by atoms with Gasteiger partial charge < -0.3 is 9.64 Å². The quantitative estimate of drug-likeness (QED) is 0.410. The molecule has 2 atom stereocenters. The van der Waals surface area contributed by atoms with Crippen LogP contribution in [0.2, 0.25) is 0 Å². The second-order valence-corrected chi connectivity index (χ2v) is 12.3. The van der Waals surface area contributed by atoms with Crippen LogP contribution in [0.1, 0.15) is 60.3 Å². The second-order valence-electron chi connectivity index (χ2n) is 10.1. The van der Waals surface area contributed by atoms with Crippen LogP contribution in [-0.4, -0.2) is 60.4 Å². The molecule has 2 aromatic carbocycles. The van der Waals surface area contributed by atoms with Gasteiger partial charge in [-0.05, 0) is 61.4 Å². The molecule has 0 bridgehead atoms. The Morgan fingerprint density at radius 3 is 2.55 bits per heavy atom. The smallest absolute Gasteiger partial charge is 0.339 e. The second kappa shape index (κ2) is 10.7. The van der Waals surface area contributed by atoms with Crippen molar-refractivity contribution in [1.82, 2.24) is 9.88 Å². The van der Waals surface area contributed by atoms with Crippen molar-refractivity contribution in [2.75, 3.05) is 18.1 Å². The summed E-state index contributed by atoms with van der Waals surface area (Å²) in [6.07, 6.45) is 4.60. The van der Waals surface area contributed by atoms with Crippen molar-refractivity contribution in [3.8, 4) is 0 Å². The molecule has 0 radical (unpaired) electrons. The van der Waals surface area contributed by atoms with Crippen LogP contribution in [0.5, 0.6) is 0 Å². The summed E-state index contributed by atoms with van der Waals surface area (Å²) < 4.78 is 29.8. The van der Waals surface area contributed by atoms with Gasteiger partial charge in [0.2, 0.25) is 0 Å². The van der Waals surface area contributed by atoms with Crippen LogP contribution in [0.15, 0.2) is 54.6 Å². The molecule has 1 aromatic heterocycles. The van der Waals surface area contributed by atoms with Crippen LogP contribution in [0.25, 0.3) is 22.6 Å². The molecule has 1 aliphatic heterocycles. The number of pyridine rings is 1. The number of esters is 1. The van der Waals surface area contributed by atoms with E-state index in [0.717, 1.165) is 28.8 Å². The summed E-state index contributed by atoms with van der Waals surface area (Å²) in [5.41, 5.74) is 4.91. The topological polar surface area (TPSA) is 93.6 Å². The first-order valence-corrected chi connectivity index (χ1v) is 15.0. The Bertz CT molecular complexity index is 1510. The minimum absolute atomic E-state index is 0.0456. The van der Waals surface area contributed by atoms with Gasteiger partial charge in [0.1, 0.15) is 0 Å². The third kappa shape index (κ3) is 5.23. The Hall–Kier alpha value is -3.52. The van der Waals surface area contributed by atoms with Crippen molar-refractivity contribution in [2.45, 2.75) is 51.6 Å². The number of amides is 1. The molecule has 0 spiro atoms. The zero-order valence-electron chi connectivity index (χ0n) is 21.7. The van der Waals surface area contributed by atoms with E-state index in [1.54, 1.807) is 4.90 Å². The molecule has 0 saturated carbocycles. The Morgan fingerprint density at radius 2 is 1.84 bits per heavy atom. The molecule has 8 heteroatoms. The largest absolute Gasteiger partial charge is 0.452 e. The van der Waals surface area contributed by atoms with Crippen molar-refractivity contribution >= 4 is 44.3 Å². The van der Waals surface area contributed by atoms with Gasteiger partial charge in [-0.1, -0.05) is 55.5 Å². The molecule has 198 valence electrons. The Labute approximate surface area is 223 Å². The zero-order valence-corrected chi connectivity index (χ0v) is 22.5. The number of nitrogens with zero attached hydrogens (tertiary/aromatic N) is 2. The van der Waals surface area contributed by atoms with Gasteiger partial charge in [0.15, 0.2) is 16.4 Å². The lowest BCUT2D eigenvalue weighted by Crippen LogP contribution is -2.48. The monoisotopic (exact) mass is 532 g/mol. The first-order valence-electron chi connectivity index (χ1n) is 13.1. The van der Waals surface area contributed by atoms with Crippen molar-refractivity contribution in [3.63, 3.8) is 0 Å². The molecule has 1 fully saturated rings. The highest BCUT2D eigenvalue weighted by Gasteiger charge is 2.37. The van der Waals surface area contributed by atoms with Gasteiger partial charge in [-0.15, -0.1) is 0 Å².